The lowest BCUT2D eigenvalue weighted by Crippen LogP contribution is -2.11. The summed E-state index contributed by atoms with van der Waals surface area (Å²) in [5, 5.41) is 0. The number of hydrogen-bond acceptors (Lipinski definition) is 3. The molecule has 0 spiro atoms. The molecule has 5 nitrogen and oxygen atoms in total. The van der Waals surface area contributed by atoms with Gasteiger partial charge in [-0.3, -0.25) is 4.57 Å². The Kier molecular flexibility index (Phi) is 3.20. The summed E-state index contributed by atoms with van der Waals surface area (Å²) in [6, 6.07) is 2.72. The molecule has 0 aliphatic carbocycles. The molecular weight excluding hydrogens is 258 g/mol. The molecule has 2 rings (SSSR count). The topological polar surface area (TPSA) is 64.1 Å². The molecule has 0 aliphatic rings. The van der Waals surface area contributed by atoms with Crippen molar-refractivity contribution in [3.8, 4) is 0 Å². The molecule has 2 aromatic rings. The number of aromatic nitrogens is 2. The Morgan fingerprint density at radius 1 is 1.47 bits per heavy atom. The van der Waals surface area contributed by atoms with Crippen molar-refractivity contribution in [3.05, 3.63) is 39.8 Å². The fourth-order valence-corrected chi connectivity index (χ4v) is 1.69. The lowest BCUT2D eigenvalue weighted by Gasteiger charge is -2.00. The second-order valence-electron chi connectivity index (χ2n) is 3.84. The first-order chi connectivity index (χ1) is 8.95. The highest BCUT2D eigenvalue weighted by Crippen LogP contribution is 2.20. The zero-order chi connectivity index (χ0) is 14.2. The summed E-state index contributed by atoms with van der Waals surface area (Å²) < 4.78 is 32.7. The molecule has 7 heteroatoms. The summed E-state index contributed by atoms with van der Waals surface area (Å²) in [6.45, 7) is 0. The number of benzene rings is 1. The van der Waals surface area contributed by atoms with Gasteiger partial charge in [0.1, 0.15) is 5.52 Å². The van der Waals surface area contributed by atoms with Gasteiger partial charge in [0.15, 0.2) is 5.82 Å². The molecule has 1 N–H and O–H groups in total. The molecular formula is C12H10F2N2O3. The first-order valence-corrected chi connectivity index (χ1v) is 5.28. The van der Waals surface area contributed by atoms with E-state index in [2.05, 4.69) is 9.72 Å². The molecule has 0 aliphatic heterocycles. The van der Waals surface area contributed by atoms with Crippen LogP contribution in [-0.4, -0.2) is 22.6 Å². The lowest BCUT2D eigenvalue weighted by atomic mass is 10.1. The number of methoxy groups -OCH3 is 1. The van der Waals surface area contributed by atoms with Crippen LogP contribution >= 0.6 is 0 Å². The predicted octanol–water partition coefficient (Wildman–Crippen LogP) is 1.49. The number of imidazole rings is 1. The van der Waals surface area contributed by atoms with Gasteiger partial charge in [0, 0.05) is 12.6 Å². The van der Waals surface area contributed by atoms with Gasteiger partial charge in [-0.2, -0.15) is 4.39 Å². The van der Waals surface area contributed by atoms with Gasteiger partial charge in [-0.15, -0.1) is 0 Å². The van der Waals surface area contributed by atoms with Gasteiger partial charge in [-0.25, -0.2) is 14.0 Å². The largest absolute Gasteiger partial charge is 0.464 e. The van der Waals surface area contributed by atoms with Crippen molar-refractivity contribution in [2.45, 2.75) is 0 Å². The number of H-pyrrole nitrogens is 1. The summed E-state index contributed by atoms with van der Waals surface area (Å²) in [6.07, 6.45) is 0.714. The van der Waals surface area contributed by atoms with Gasteiger partial charge < -0.3 is 9.72 Å². The van der Waals surface area contributed by atoms with E-state index in [9.17, 15) is 18.4 Å². The summed E-state index contributed by atoms with van der Waals surface area (Å²) in [5.74, 6) is -3.23. The van der Waals surface area contributed by atoms with Crippen LogP contribution in [0.3, 0.4) is 0 Å². The number of esters is 1. The standard InChI is InChI=1S/C12H10F2N2O3/c1-16-8-4-3-6(5-7(13)11(17)19-2)9(14)10(8)15-12(16)18/h3-5H,1-2H3,(H,15,18)/b7-5-. The van der Waals surface area contributed by atoms with Crippen LogP contribution in [0.25, 0.3) is 17.1 Å². The maximum absolute atomic E-state index is 14.0. The van der Waals surface area contributed by atoms with E-state index < -0.39 is 23.3 Å². The van der Waals surface area contributed by atoms with Gasteiger partial charge in [0.05, 0.1) is 12.6 Å². The van der Waals surface area contributed by atoms with Gasteiger partial charge in [0.25, 0.3) is 0 Å². The van der Waals surface area contributed by atoms with Crippen LogP contribution in [-0.2, 0) is 16.6 Å². The number of aromatic amines is 1. The Labute approximate surface area is 106 Å². The molecule has 0 unspecified atom stereocenters. The molecule has 0 amide bonds. The summed E-state index contributed by atoms with van der Waals surface area (Å²) in [7, 11) is 2.50. The molecule has 0 radical (unpaired) electrons. The second-order valence-corrected chi connectivity index (χ2v) is 3.84. The van der Waals surface area contributed by atoms with Crippen LogP contribution in [0.2, 0.25) is 0 Å². The van der Waals surface area contributed by atoms with E-state index in [0.717, 1.165) is 7.11 Å². The minimum absolute atomic E-state index is 0.0427. The zero-order valence-electron chi connectivity index (χ0n) is 10.2. The Balaban J connectivity index is 2.61. The van der Waals surface area contributed by atoms with E-state index in [4.69, 9.17) is 0 Å². The van der Waals surface area contributed by atoms with E-state index in [-0.39, 0.29) is 11.1 Å². The second kappa shape index (κ2) is 4.68. The Morgan fingerprint density at radius 3 is 2.79 bits per heavy atom. The summed E-state index contributed by atoms with van der Waals surface area (Å²) in [5.41, 5.74) is -0.335. The van der Waals surface area contributed by atoms with Crippen molar-refractivity contribution in [1.82, 2.24) is 9.55 Å². The normalized spacial score (nSPS) is 11.9. The maximum atomic E-state index is 14.0. The van der Waals surface area contributed by atoms with Crippen molar-refractivity contribution in [3.63, 3.8) is 0 Å². The van der Waals surface area contributed by atoms with E-state index in [1.165, 1.54) is 23.7 Å². The quantitative estimate of drug-likeness (QED) is 0.663. The number of nitrogens with zero attached hydrogens (tertiary/aromatic N) is 1. The number of carbonyl (C=O) groups is 1. The first kappa shape index (κ1) is 13.0. The third kappa shape index (κ3) is 2.14. The van der Waals surface area contributed by atoms with Crippen molar-refractivity contribution < 1.29 is 18.3 Å². The van der Waals surface area contributed by atoms with E-state index in [1.54, 1.807) is 0 Å². The Hall–Kier alpha value is -2.44. The van der Waals surface area contributed by atoms with Crippen molar-refractivity contribution in [2.24, 2.45) is 7.05 Å². The van der Waals surface area contributed by atoms with Gasteiger partial charge in [-0.1, -0.05) is 0 Å². The fourth-order valence-electron chi connectivity index (χ4n) is 1.69. The van der Waals surface area contributed by atoms with Crippen molar-refractivity contribution in [2.75, 3.05) is 7.11 Å². The van der Waals surface area contributed by atoms with E-state index in [0.29, 0.717) is 11.6 Å². The fraction of sp³-hybridized carbons (Fsp3) is 0.167. The summed E-state index contributed by atoms with van der Waals surface area (Å²) >= 11 is 0. The lowest BCUT2D eigenvalue weighted by molar-refractivity contribution is -0.137. The van der Waals surface area contributed by atoms with Crippen LogP contribution in [0.4, 0.5) is 8.78 Å². The molecule has 0 saturated heterocycles. The molecule has 100 valence electrons. The Bertz CT molecular complexity index is 743. The third-order valence-corrected chi connectivity index (χ3v) is 2.71. The molecule has 0 atom stereocenters. The van der Waals surface area contributed by atoms with Gasteiger partial charge in [-0.05, 0) is 18.2 Å². The van der Waals surface area contributed by atoms with Crippen LogP contribution in [0.15, 0.2) is 22.8 Å². The predicted molar refractivity (Wildman–Crippen MR) is 64.6 cm³/mol. The van der Waals surface area contributed by atoms with Crippen LogP contribution in [0, 0.1) is 5.82 Å². The van der Waals surface area contributed by atoms with Gasteiger partial charge in [0.2, 0.25) is 5.83 Å². The minimum atomic E-state index is -1.22. The Morgan fingerprint density at radius 2 is 2.16 bits per heavy atom. The SMILES string of the molecule is COC(=O)/C(F)=C/c1ccc2c([nH]c(=O)n2C)c1F. The number of ether oxygens (including phenoxy) is 1. The number of aryl methyl sites for hydroxylation is 1. The smallest absolute Gasteiger partial charge is 0.366 e. The van der Waals surface area contributed by atoms with Crippen LogP contribution in [0.1, 0.15) is 5.56 Å². The molecule has 0 fully saturated rings. The summed E-state index contributed by atoms with van der Waals surface area (Å²) in [4.78, 5) is 24.6. The van der Waals surface area contributed by atoms with Crippen molar-refractivity contribution in [1.29, 1.82) is 0 Å². The first-order valence-electron chi connectivity index (χ1n) is 5.28. The van der Waals surface area contributed by atoms with E-state index in [1.807, 2.05) is 0 Å². The zero-order valence-corrected chi connectivity index (χ0v) is 10.2. The number of fused-ring (bicyclic) bond motifs is 1. The number of carbonyl (C=O) groups excluding carboxylic acids is 1. The minimum Gasteiger partial charge on any atom is -0.464 e. The van der Waals surface area contributed by atoms with Gasteiger partial charge >= 0.3 is 11.7 Å². The number of hydrogen-bond donors (Lipinski definition) is 1. The maximum Gasteiger partial charge on any atom is 0.366 e. The average Bonchev–Trinajstić information content (AvgIpc) is 2.69. The molecule has 0 bridgehead atoms. The number of halogens is 2. The monoisotopic (exact) mass is 268 g/mol. The number of nitrogens with one attached hydrogen (secondary N) is 1. The van der Waals surface area contributed by atoms with Crippen LogP contribution in [0.5, 0.6) is 0 Å². The molecule has 1 aromatic heterocycles. The van der Waals surface area contributed by atoms with Crippen molar-refractivity contribution >= 4 is 23.1 Å². The highest BCUT2D eigenvalue weighted by Gasteiger charge is 2.14. The molecule has 0 saturated carbocycles. The van der Waals surface area contributed by atoms with Crippen LogP contribution < -0.4 is 5.69 Å². The van der Waals surface area contributed by atoms with E-state index >= 15 is 0 Å². The number of rotatable bonds is 2. The third-order valence-electron chi connectivity index (χ3n) is 2.71. The highest BCUT2D eigenvalue weighted by atomic mass is 19.1. The molecule has 19 heavy (non-hydrogen) atoms. The average molecular weight is 268 g/mol. The molecule has 1 aromatic carbocycles. The molecule has 1 heterocycles. The highest BCUT2D eigenvalue weighted by molar-refractivity contribution is 5.92.